The SMILES string of the molecule is C[C@@]1(F)[C@H](O)[C@@H](CO)O[C@@H]1n1cc(Cl)c2c(N)ncnc21. The van der Waals surface area contributed by atoms with E-state index in [-0.39, 0.29) is 10.8 Å². The van der Waals surface area contributed by atoms with Crippen LogP contribution >= 0.6 is 11.6 Å². The number of aliphatic hydroxyl groups is 2. The summed E-state index contributed by atoms with van der Waals surface area (Å²) < 4.78 is 21.6. The lowest BCUT2D eigenvalue weighted by Crippen LogP contribution is -2.40. The van der Waals surface area contributed by atoms with E-state index in [1.54, 1.807) is 0 Å². The van der Waals surface area contributed by atoms with Gasteiger partial charge in [0.1, 0.15) is 30.0 Å². The van der Waals surface area contributed by atoms with Crippen LogP contribution in [-0.4, -0.2) is 49.2 Å². The number of nitrogen functional groups attached to an aromatic ring is 1. The number of ether oxygens (including phenoxy) is 1. The molecule has 1 aliphatic heterocycles. The number of hydrogen-bond donors (Lipinski definition) is 3. The van der Waals surface area contributed by atoms with Crippen molar-refractivity contribution in [3.05, 3.63) is 17.5 Å². The molecule has 1 fully saturated rings. The Hall–Kier alpha value is -1.48. The van der Waals surface area contributed by atoms with Gasteiger partial charge >= 0.3 is 0 Å². The zero-order valence-corrected chi connectivity index (χ0v) is 11.8. The molecule has 0 radical (unpaired) electrons. The second-order valence-corrected chi connectivity index (χ2v) is 5.55. The number of anilines is 1. The van der Waals surface area contributed by atoms with Crippen molar-refractivity contribution < 1.29 is 19.3 Å². The van der Waals surface area contributed by atoms with Crippen LogP contribution in [0.25, 0.3) is 11.0 Å². The van der Waals surface area contributed by atoms with Crippen LogP contribution < -0.4 is 5.73 Å². The fraction of sp³-hybridized carbons (Fsp3) is 0.500. The van der Waals surface area contributed by atoms with Crippen molar-refractivity contribution in [2.75, 3.05) is 12.3 Å². The van der Waals surface area contributed by atoms with Gasteiger partial charge in [-0.3, -0.25) is 0 Å². The van der Waals surface area contributed by atoms with Crippen LogP contribution in [0.3, 0.4) is 0 Å². The first kappa shape index (κ1) is 14.5. The molecule has 1 aliphatic rings. The summed E-state index contributed by atoms with van der Waals surface area (Å²) in [5, 5.41) is 19.7. The number of aliphatic hydroxyl groups excluding tert-OH is 2. The summed E-state index contributed by atoms with van der Waals surface area (Å²) >= 11 is 6.09. The predicted octanol–water partition coefficient (Wildman–Crippen LogP) is 0.646. The van der Waals surface area contributed by atoms with Gasteiger partial charge in [0.15, 0.2) is 11.9 Å². The highest BCUT2D eigenvalue weighted by molar-refractivity contribution is 6.36. The minimum Gasteiger partial charge on any atom is -0.394 e. The number of nitrogens with two attached hydrogens (primary N) is 1. The van der Waals surface area contributed by atoms with Crippen LogP contribution in [0.2, 0.25) is 5.02 Å². The van der Waals surface area contributed by atoms with Crippen molar-refractivity contribution in [1.82, 2.24) is 14.5 Å². The Balaban J connectivity index is 2.15. The summed E-state index contributed by atoms with van der Waals surface area (Å²) in [4.78, 5) is 7.88. The third kappa shape index (κ3) is 1.98. The largest absolute Gasteiger partial charge is 0.394 e. The van der Waals surface area contributed by atoms with E-state index in [1.165, 1.54) is 24.0 Å². The van der Waals surface area contributed by atoms with Gasteiger partial charge in [-0.1, -0.05) is 11.6 Å². The Morgan fingerprint density at radius 3 is 2.90 bits per heavy atom. The number of alkyl halides is 1. The van der Waals surface area contributed by atoms with E-state index in [0.29, 0.717) is 11.0 Å². The molecule has 3 rings (SSSR count). The summed E-state index contributed by atoms with van der Waals surface area (Å²) in [7, 11) is 0. The molecule has 0 aromatic carbocycles. The molecule has 4 atom stereocenters. The molecule has 4 N–H and O–H groups in total. The summed E-state index contributed by atoms with van der Waals surface area (Å²) in [6.45, 7) is 0.698. The smallest absolute Gasteiger partial charge is 0.181 e. The lowest BCUT2D eigenvalue weighted by atomic mass is 9.98. The quantitative estimate of drug-likeness (QED) is 0.751. The third-order valence-corrected chi connectivity index (χ3v) is 4.03. The van der Waals surface area contributed by atoms with E-state index in [0.717, 1.165) is 0 Å². The van der Waals surface area contributed by atoms with E-state index in [1.807, 2.05) is 0 Å². The van der Waals surface area contributed by atoms with Crippen molar-refractivity contribution in [1.29, 1.82) is 0 Å². The topological polar surface area (TPSA) is 106 Å². The summed E-state index contributed by atoms with van der Waals surface area (Å²) in [6.07, 6.45) is -1.03. The zero-order valence-electron chi connectivity index (χ0n) is 11.1. The average Bonchev–Trinajstić information content (AvgIpc) is 2.87. The Kier molecular flexibility index (Phi) is 3.28. The van der Waals surface area contributed by atoms with E-state index < -0.39 is 30.7 Å². The van der Waals surface area contributed by atoms with Gasteiger partial charge in [0, 0.05) is 6.20 Å². The Morgan fingerprint density at radius 1 is 1.57 bits per heavy atom. The maximum absolute atomic E-state index is 14.8. The highest BCUT2D eigenvalue weighted by Crippen LogP contribution is 2.43. The number of halogens is 2. The lowest BCUT2D eigenvalue weighted by Gasteiger charge is -2.25. The van der Waals surface area contributed by atoms with Gasteiger partial charge in [-0.2, -0.15) is 0 Å². The van der Waals surface area contributed by atoms with Crippen molar-refractivity contribution in [2.45, 2.75) is 31.0 Å². The van der Waals surface area contributed by atoms with E-state index in [2.05, 4.69) is 9.97 Å². The molecule has 1 saturated heterocycles. The van der Waals surface area contributed by atoms with Crippen LogP contribution in [-0.2, 0) is 4.74 Å². The number of nitrogens with zero attached hydrogens (tertiary/aromatic N) is 3. The Bertz CT molecular complexity index is 692. The second kappa shape index (κ2) is 4.77. The third-order valence-electron chi connectivity index (χ3n) is 3.74. The number of aromatic nitrogens is 3. The molecule has 9 heteroatoms. The molecule has 21 heavy (non-hydrogen) atoms. The van der Waals surface area contributed by atoms with Gasteiger partial charge in [-0.05, 0) is 6.92 Å². The number of hydrogen-bond acceptors (Lipinski definition) is 6. The van der Waals surface area contributed by atoms with Crippen molar-refractivity contribution in [2.24, 2.45) is 0 Å². The first-order valence-corrected chi connectivity index (χ1v) is 6.65. The van der Waals surface area contributed by atoms with Crippen LogP contribution in [0.4, 0.5) is 10.2 Å². The van der Waals surface area contributed by atoms with E-state index in [9.17, 15) is 9.50 Å². The Labute approximate surface area is 124 Å². The monoisotopic (exact) mass is 316 g/mol. The molecule has 7 nitrogen and oxygen atoms in total. The number of fused-ring (bicyclic) bond motifs is 1. The molecule has 3 heterocycles. The molecule has 0 aliphatic carbocycles. The van der Waals surface area contributed by atoms with Gasteiger partial charge in [-0.15, -0.1) is 0 Å². The maximum atomic E-state index is 14.8. The van der Waals surface area contributed by atoms with Crippen LogP contribution in [0, 0.1) is 0 Å². The van der Waals surface area contributed by atoms with Crippen molar-refractivity contribution in [3.63, 3.8) is 0 Å². The fourth-order valence-electron chi connectivity index (χ4n) is 2.60. The summed E-state index contributed by atoms with van der Waals surface area (Å²) in [6, 6.07) is 0. The highest BCUT2D eigenvalue weighted by Gasteiger charge is 2.55. The van der Waals surface area contributed by atoms with Crippen molar-refractivity contribution in [3.8, 4) is 0 Å². The second-order valence-electron chi connectivity index (χ2n) is 5.15. The van der Waals surface area contributed by atoms with Crippen LogP contribution in [0.15, 0.2) is 12.5 Å². The number of rotatable bonds is 2. The summed E-state index contributed by atoms with van der Waals surface area (Å²) in [5.41, 5.74) is 3.92. The molecule has 0 spiro atoms. The standard InChI is InChI=1S/C12H14ClFN4O3/c1-12(14)8(20)6(3-19)21-11(12)18-2-5(13)7-9(15)16-4-17-10(7)18/h2,4,6,8,11,19-20H,3H2,1H3,(H2,15,16,17)/t6-,8-,11+,12-/m1/s1. The van der Waals surface area contributed by atoms with Gasteiger partial charge in [0.25, 0.3) is 0 Å². The first-order chi connectivity index (χ1) is 9.87. The molecule has 0 unspecified atom stereocenters. The molecular formula is C12H14ClFN4O3. The zero-order chi connectivity index (χ0) is 15.4. The molecule has 2 aromatic rings. The average molecular weight is 317 g/mol. The molecule has 0 saturated carbocycles. The van der Waals surface area contributed by atoms with Gasteiger partial charge in [0.05, 0.1) is 17.0 Å². The Morgan fingerprint density at radius 2 is 2.29 bits per heavy atom. The first-order valence-electron chi connectivity index (χ1n) is 6.27. The molecule has 0 amide bonds. The molecular weight excluding hydrogens is 303 g/mol. The van der Waals surface area contributed by atoms with Gasteiger partial charge in [0.2, 0.25) is 0 Å². The summed E-state index contributed by atoms with van der Waals surface area (Å²) in [5.74, 6) is 0.168. The molecule has 0 bridgehead atoms. The maximum Gasteiger partial charge on any atom is 0.181 e. The van der Waals surface area contributed by atoms with Crippen LogP contribution in [0.1, 0.15) is 13.2 Å². The van der Waals surface area contributed by atoms with Gasteiger partial charge in [-0.25, -0.2) is 14.4 Å². The fourth-order valence-corrected chi connectivity index (χ4v) is 2.89. The van der Waals surface area contributed by atoms with Crippen molar-refractivity contribution >= 4 is 28.5 Å². The van der Waals surface area contributed by atoms with E-state index >= 15 is 0 Å². The minimum atomic E-state index is -2.12. The van der Waals surface area contributed by atoms with E-state index in [4.69, 9.17) is 27.2 Å². The molecule has 114 valence electrons. The van der Waals surface area contributed by atoms with Crippen LogP contribution in [0.5, 0.6) is 0 Å². The normalized spacial score (nSPS) is 32.9. The lowest BCUT2D eigenvalue weighted by molar-refractivity contribution is -0.0564. The van der Waals surface area contributed by atoms with Gasteiger partial charge < -0.3 is 25.3 Å². The molecule has 2 aromatic heterocycles. The minimum absolute atomic E-state index is 0.168. The predicted molar refractivity (Wildman–Crippen MR) is 73.5 cm³/mol. The highest BCUT2D eigenvalue weighted by atomic mass is 35.5.